The monoisotopic (exact) mass is 791 g/mol. The standard InChI is InChI=1S/C28H42O7.C20H28O2/c1-7-8-10-18(2)11-9-12-19(3)13-14-21-20(4)25(32)24(15-28(21,5)6)35-17-23(31)27(34)26(33)22(30)16-29;1-7-14(2)9-8-10-15(3)11-12-17-16(4)19(22)18(21)13-20(17,5)6/h7-14,22-24,26-27,29-31,33-34H,15-17H2,1-6H3;7-12,18,21H,13H2,1-6H3/b8-7+,11-9+,14-13+,18-10+,19-12+;9-8+,12-11+,14-7+,15-10+. The van der Waals surface area contributed by atoms with Crippen LogP contribution in [0.15, 0.2) is 130 Å². The van der Waals surface area contributed by atoms with E-state index in [2.05, 4.69) is 32.9 Å². The molecule has 0 amide bonds. The lowest BCUT2D eigenvalue weighted by molar-refractivity contribution is -0.146. The molecule has 0 aliphatic heterocycles. The highest BCUT2D eigenvalue weighted by molar-refractivity contribution is 6.01. The van der Waals surface area contributed by atoms with Crippen molar-refractivity contribution in [2.24, 2.45) is 10.8 Å². The quantitative estimate of drug-likeness (QED) is 0.0875. The average molecular weight is 791 g/mol. The fraction of sp³-hybridized carbons (Fsp3) is 0.500. The van der Waals surface area contributed by atoms with Gasteiger partial charge < -0.3 is 35.4 Å². The van der Waals surface area contributed by atoms with Crippen molar-refractivity contribution in [1.29, 1.82) is 0 Å². The van der Waals surface area contributed by atoms with Crippen LogP contribution >= 0.6 is 0 Å². The molecule has 0 saturated heterocycles. The van der Waals surface area contributed by atoms with Gasteiger partial charge in [0.1, 0.15) is 36.6 Å². The molecule has 6 unspecified atom stereocenters. The second-order valence-electron chi connectivity index (χ2n) is 16.3. The predicted molar refractivity (Wildman–Crippen MR) is 231 cm³/mol. The van der Waals surface area contributed by atoms with Crippen LogP contribution in [-0.2, 0) is 14.3 Å². The Balaban J connectivity index is 0.000000633. The predicted octanol–water partition coefficient (Wildman–Crippen LogP) is 7.39. The lowest BCUT2D eigenvalue weighted by atomic mass is 9.71. The second-order valence-corrected chi connectivity index (χ2v) is 16.3. The van der Waals surface area contributed by atoms with Crippen molar-refractivity contribution in [1.82, 2.24) is 0 Å². The van der Waals surface area contributed by atoms with Crippen molar-refractivity contribution in [3.05, 3.63) is 130 Å². The number of rotatable bonds is 16. The van der Waals surface area contributed by atoms with Gasteiger partial charge in [-0.25, -0.2) is 0 Å². The van der Waals surface area contributed by atoms with E-state index in [1.54, 1.807) is 13.8 Å². The van der Waals surface area contributed by atoms with E-state index in [0.717, 1.165) is 27.9 Å². The van der Waals surface area contributed by atoms with E-state index in [0.29, 0.717) is 24.0 Å². The Morgan fingerprint density at radius 2 is 1.12 bits per heavy atom. The Labute approximate surface area is 342 Å². The highest BCUT2D eigenvalue weighted by Gasteiger charge is 2.40. The molecule has 0 aromatic carbocycles. The van der Waals surface area contributed by atoms with E-state index in [1.165, 1.54) is 5.57 Å². The molecule has 0 fully saturated rings. The molecule has 0 bridgehead atoms. The Kier molecular flexibility index (Phi) is 21.7. The number of hydrogen-bond acceptors (Lipinski definition) is 9. The van der Waals surface area contributed by atoms with Crippen molar-refractivity contribution in [2.75, 3.05) is 13.2 Å². The van der Waals surface area contributed by atoms with Crippen molar-refractivity contribution in [3.63, 3.8) is 0 Å². The fourth-order valence-corrected chi connectivity index (χ4v) is 6.48. The number of carbonyl (C=O) groups is 2. The molecular weight excluding hydrogens is 721 g/mol. The van der Waals surface area contributed by atoms with Crippen LogP contribution in [0.25, 0.3) is 0 Å². The minimum atomic E-state index is -1.74. The summed E-state index contributed by atoms with van der Waals surface area (Å²) >= 11 is 0. The number of aliphatic hydroxyl groups excluding tert-OH is 6. The molecule has 57 heavy (non-hydrogen) atoms. The topological polar surface area (TPSA) is 165 Å². The fourth-order valence-electron chi connectivity index (χ4n) is 6.48. The van der Waals surface area contributed by atoms with Gasteiger partial charge in [-0.15, -0.1) is 0 Å². The molecule has 9 nitrogen and oxygen atoms in total. The van der Waals surface area contributed by atoms with Crippen molar-refractivity contribution in [3.8, 4) is 0 Å². The van der Waals surface area contributed by atoms with Crippen LogP contribution in [0.1, 0.15) is 95.9 Å². The van der Waals surface area contributed by atoms with Crippen LogP contribution < -0.4 is 0 Å². The lowest BCUT2D eigenvalue weighted by Crippen LogP contribution is -2.48. The van der Waals surface area contributed by atoms with E-state index in [4.69, 9.17) is 9.84 Å². The van der Waals surface area contributed by atoms with Gasteiger partial charge in [-0.2, -0.15) is 0 Å². The molecule has 9 heteroatoms. The molecule has 0 aromatic rings. The number of allylic oxidation sites excluding steroid dienone is 20. The molecule has 6 atom stereocenters. The van der Waals surface area contributed by atoms with Crippen LogP contribution in [0.5, 0.6) is 0 Å². The molecule has 316 valence electrons. The van der Waals surface area contributed by atoms with Crippen molar-refractivity contribution in [2.45, 2.75) is 133 Å². The van der Waals surface area contributed by atoms with Gasteiger partial charge in [-0.05, 0) is 101 Å². The average Bonchev–Trinajstić information content (AvgIpc) is 3.15. The third-order valence-corrected chi connectivity index (χ3v) is 10.3. The molecule has 0 radical (unpaired) electrons. The summed E-state index contributed by atoms with van der Waals surface area (Å²) in [6.07, 6.45) is 20.7. The SMILES string of the molecule is C/C=C(C)/C=C/C=C(C)/C=C/C1=C(C)C(=O)C(O)CC1(C)C.C/C=C/C=C(C)/C=C/C=C(C)/C=C/C1=C(C)C(=O)C(OCC(O)C(O)C(O)C(O)CO)CC1(C)C. The van der Waals surface area contributed by atoms with Crippen molar-refractivity contribution >= 4 is 11.6 Å². The van der Waals surface area contributed by atoms with E-state index in [-0.39, 0.29) is 22.4 Å². The molecule has 0 spiro atoms. The number of carbonyl (C=O) groups excluding carboxylic acids is 2. The summed E-state index contributed by atoms with van der Waals surface area (Å²) in [5.74, 6) is -0.350. The van der Waals surface area contributed by atoms with Gasteiger partial charge >= 0.3 is 0 Å². The van der Waals surface area contributed by atoms with Crippen LogP contribution in [0.3, 0.4) is 0 Å². The number of ether oxygens (including phenoxy) is 1. The Bertz CT molecular complexity index is 1720. The summed E-state index contributed by atoms with van der Waals surface area (Å²) in [6, 6.07) is 0. The zero-order valence-corrected chi connectivity index (χ0v) is 36.3. The summed E-state index contributed by atoms with van der Waals surface area (Å²) in [5, 5.41) is 58.0. The van der Waals surface area contributed by atoms with Gasteiger partial charge in [0.2, 0.25) is 0 Å². The highest BCUT2D eigenvalue weighted by Crippen LogP contribution is 2.41. The van der Waals surface area contributed by atoms with E-state index >= 15 is 0 Å². The normalized spacial score (nSPS) is 23.7. The summed E-state index contributed by atoms with van der Waals surface area (Å²) in [5.41, 5.74) is 7.11. The summed E-state index contributed by atoms with van der Waals surface area (Å²) in [6.45, 7) is 22.6. The van der Waals surface area contributed by atoms with Crippen molar-refractivity contribution < 1.29 is 45.0 Å². The lowest BCUT2D eigenvalue weighted by Gasteiger charge is -2.37. The summed E-state index contributed by atoms with van der Waals surface area (Å²) in [7, 11) is 0. The van der Waals surface area contributed by atoms with Gasteiger partial charge in [0, 0.05) is 0 Å². The molecule has 2 aliphatic rings. The van der Waals surface area contributed by atoms with Gasteiger partial charge in [-0.1, -0.05) is 135 Å². The smallest absolute Gasteiger partial charge is 0.187 e. The number of hydrogen-bond donors (Lipinski definition) is 6. The Morgan fingerprint density at radius 1 is 0.684 bits per heavy atom. The maximum absolute atomic E-state index is 13.0. The first-order valence-electron chi connectivity index (χ1n) is 19.7. The maximum atomic E-state index is 13.0. The zero-order chi connectivity index (χ0) is 43.7. The molecule has 0 saturated carbocycles. The van der Waals surface area contributed by atoms with Gasteiger partial charge in [0.05, 0.1) is 13.2 Å². The second kappa shape index (κ2) is 24.2. The highest BCUT2D eigenvalue weighted by atomic mass is 16.5. The van der Waals surface area contributed by atoms with E-state index in [9.17, 15) is 35.1 Å². The summed E-state index contributed by atoms with van der Waals surface area (Å²) < 4.78 is 5.62. The third-order valence-electron chi connectivity index (χ3n) is 10.3. The first-order chi connectivity index (χ1) is 26.5. The molecule has 2 rings (SSSR count). The molecule has 2 aliphatic carbocycles. The zero-order valence-electron chi connectivity index (χ0n) is 36.3. The molecule has 6 N–H and O–H groups in total. The Morgan fingerprint density at radius 3 is 1.61 bits per heavy atom. The van der Waals surface area contributed by atoms with Crippen LogP contribution in [-0.4, -0.2) is 92.0 Å². The maximum Gasteiger partial charge on any atom is 0.187 e. The molecular formula is C48H70O9. The first kappa shape index (κ1) is 51.2. The van der Waals surface area contributed by atoms with Gasteiger partial charge in [0.25, 0.3) is 0 Å². The van der Waals surface area contributed by atoms with Crippen LogP contribution in [0.2, 0.25) is 0 Å². The number of ketones is 2. The Hall–Kier alpha value is -3.80. The number of Topliss-reactive ketones (excluding diaryl/α,β-unsaturated/α-hetero) is 2. The first-order valence-corrected chi connectivity index (χ1v) is 19.7. The van der Waals surface area contributed by atoms with E-state index in [1.807, 2.05) is 121 Å². The largest absolute Gasteiger partial charge is 0.394 e. The third kappa shape index (κ3) is 16.5. The van der Waals surface area contributed by atoms with Gasteiger partial charge in [0.15, 0.2) is 11.6 Å². The van der Waals surface area contributed by atoms with Crippen LogP contribution in [0.4, 0.5) is 0 Å². The minimum absolute atomic E-state index is 0.149. The molecule has 0 aromatic heterocycles. The minimum Gasteiger partial charge on any atom is -0.394 e. The van der Waals surface area contributed by atoms with E-state index < -0.39 is 49.8 Å². The van der Waals surface area contributed by atoms with Gasteiger partial charge in [-0.3, -0.25) is 9.59 Å². The summed E-state index contributed by atoms with van der Waals surface area (Å²) in [4.78, 5) is 24.9. The number of aliphatic hydroxyl groups is 6. The van der Waals surface area contributed by atoms with Crippen LogP contribution in [0, 0.1) is 10.8 Å². The molecule has 0 heterocycles.